The van der Waals surface area contributed by atoms with Gasteiger partial charge in [-0.2, -0.15) is 0 Å². The van der Waals surface area contributed by atoms with E-state index in [4.69, 9.17) is 22.7 Å². The molecule has 15 heavy (non-hydrogen) atoms. The molecule has 82 valence electrons. The lowest BCUT2D eigenvalue weighted by molar-refractivity contribution is 0.301. The second kappa shape index (κ2) is 5.14. The molecule has 0 aliphatic carbocycles. The molecule has 0 bridgehead atoms. The van der Waals surface area contributed by atoms with E-state index in [0.29, 0.717) is 0 Å². The van der Waals surface area contributed by atoms with Gasteiger partial charge in [0.2, 0.25) is 0 Å². The molecule has 0 saturated heterocycles. The molecule has 0 spiro atoms. The normalized spacial score (nSPS) is 12.8. The van der Waals surface area contributed by atoms with Crippen LogP contribution in [0.4, 0.5) is 0 Å². The number of likely N-dealkylation sites (N-methyl/N-ethyl adjacent to an activating group) is 1. The third-order valence-corrected chi connectivity index (χ3v) is 2.67. The highest BCUT2D eigenvalue weighted by molar-refractivity contribution is 6.30. The first-order valence-corrected chi connectivity index (χ1v) is 5.17. The van der Waals surface area contributed by atoms with Gasteiger partial charge in [-0.3, -0.25) is 10.3 Å². The fourth-order valence-corrected chi connectivity index (χ4v) is 1.51. The number of halogens is 1. The fourth-order valence-electron chi connectivity index (χ4n) is 1.30. The van der Waals surface area contributed by atoms with Gasteiger partial charge >= 0.3 is 0 Å². The fraction of sp³-hybridized carbons (Fsp3) is 0.364. The number of nitrogens with one attached hydrogen (secondary N) is 1. The first-order chi connectivity index (χ1) is 7.00. The first kappa shape index (κ1) is 12.0. The highest BCUT2D eigenvalue weighted by atomic mass is 35.5. The van der Waals surface area contributed by atoms with E-state index in [1.807, 2.05) is 43.1 Å². The van der Waals surface area contributed by atoms with E-state index in [1.54, 1.807) is 0 Å². The Labute approximate surface area is 95.3 Å². The zero-order chi connectivity index (χ0) is 11.4. The van der Waals surface area contributed by atoms with Crippen molar-refractivity contribution in [1.29, 1.82) is 5.41 Å². The molecule has 0 aliphatic heterocycles. The lowest BCUT2D eigenvalue weighted by atomic mass is 10.2. The van der Waals surface area contributed by atoms with Gasteiger partial charge in [-0.25, -0.2) is 0 Å². The van der Waals surface area contributed by atoms with Gasteiger partial charge < -0.3 is 5.73 Å². The Morgan fingerprint density at radius 1 is 1.60 bits per heavy atom. The average Bonchev–Trinajstić information content (AvgIpc) is 2.16. The van der Waals surface area contributed by atoms with Crippen molar-refractivity contribution in [3.8, 4) is 0 Å². The van der Waals surface area contributed by atoms with Crippen LogP contribution in [0, 0.1) is 5.41 Å². The predicted octanol–water partition coefficient (Wildman–Crippen LogP) is 2.10. The topological polar surface area (TPSA) is 53.1 Å². The first-order valence-electron chi connectivity index (χ1n) is 4.79. The summed E-state index contributed by atoms with van der Waals surface area (Å²) in [6, 6.07) is 7.65. The maximum Gasteiger partial charge on any atom is 0.108 e. The summed E-state index contributed by atoms with van der Waals surface area (Å²) in [6.45, 7) is 2.65. The van der Waals surface area contributed by atoms with Gasteiger partial charge in [0.25, 0.3) is 0 Å². The number of nitrogens with two attached hydrogens (primary N) is 1. The predicted molar refractivity (Wildman–Crippen MR) is 64.3 cm³/mol. The Kier molecular flexibility index (Phi) is 4.12. The van der Waals surface area contributed by atoms with Crippen molar-refractivity contribution in [3.05, 3.63) is 34.9 Å². The summed E-state index contributed by atoms with van der Waals surface area (Å²) < 4.78 is 0. The molecule has 0 heterocycles. The van der Waals surface area contributed by atoms with E-state index >= 15 is 0 Å². The maximum absolute atomic E-state index is 7.35. The number of hydrogen-bond acceptors (Lipinski definition) is 2. The largest absolute Gasteiger partial charge is 0.386 e. The third kappa shape index (κ3) is 3.53. The zero-order valence-corrected chi connectivity index (χ0v) is 9.75. The summed E-state index contributed by atoms with van der Waals surface area (Å²) in [5.41, 5.74) is 6.56. The standard InChI is InChI=1S/C11H16ClN3/c1-8(11(13)14)15(2)7-9-4-3-5-10(12)6-9/h3-6,8H,7H2,1-2H3,(H3,13,14). The van der Waals surface area contributed by atoms with Crippen LogP contribution in [0.3, 0.4) is 0 Å². The minimum Gasteiger partial charge on any atom is -0.386 e. The lowest BCUT2D eigenvalue weighted by Crippen LogP contribution is -2.39. The van der Waals surface area contributed by atoms with Crippen molar-refractivity contribution in [1.82, 2.24) is 4.90 Å². The van der Waals surface area contributed by atoms with Crippen LogP contribution in [0.2, 0.25) is 5.02 Å². The molecule has 0 amide bonds. The van der Waals surface area contributed by atoms with Crippen molar-refractivity contribution in [2.45, 2.75) is 19.5 Å². The molecule has 0 saturated carbocycles. The minimum absolute atomic E-state index is 0.0519. The zero-order valence-electron chi connectivity index (χ0n) is 9.00. The molecule has 0 aromatic heterocycles. The summed E-state index contributed by atoms with van der Waals surface area (Å²) in [6.07, 6.45) is 0. The highest BCUT2D eigenvalue weighted by Gasteiger charge is 2.11. The molecule has 0 fully saturated rings. The molecule has 0 aliphatic rings. The minimum atomic E-state index is -0.0519. The lowest BCUT2D eigenvalue weighted by Gasteiger charge is -2.23. The Hall–Kier alpha value is -1.06. The average molecular weight is 226 g/mol. The van der Waals surface area contributed by atoms with Crippen LogP contribution in [-0.4, -0.2) is 23.8 Å². The van der Waals surface area contributed by atoms with E-state index in [9.17, 15) is 0 Å². The molecule has 1 aromatic carbocycles. The van der Waals surface area contributed by atoms with Gasteiger partial charge in [0.1, 0.15) is 5.84 Å². The summed E-state index contributed by atoms with van der Waals surface area (Å²) in [4.78, 5) is 2.01. The summed E-state index contributed by atoms with van der Waals surface area (Å²) >= 11 is 5.88. The molecule has 3 nitrogen and oxygen atoms in total. The number of rotatable bonds is 4. The molecule has 1 rings (SSSR count). The molecule has 1 unspecified atom stereocenters. The Bertz CT molecular complexity index is 351. The monoisotopic (exact) mass is 225 g/mol. The van der Waals surface area contributed by atoms with Gasteiger partial charge in [-0.05, 0) is 31.7 Å². The molecule has 3 N–H and O–H groups in total. The second-order valence-electron chi connectivity index (χ2n) is 3.68. The Balaban J connectivity index is 2.66. The van der Waals surface area contributed by atoms with Gasteiger partial charge in [0.15, 0.2) is 0 Å². The molecule has 1 atom stereocenters. The molecule has 0 radical (unpaired) electrons. The van der Waals surface area contributed by atoms with Gasteiger partial charge in [-0.1, -0.05) is 23.7 Å². The van der Waals surface area contributed by atoms with Crippen LogP contribution in [0.15, 0.2) is 24.3 Å². The Morgan fingerprint density at radius 3 is 2.80 bits per heavy atom. The number of amidine groups is 1. The Morgan fingerprint density at radius 2 is 2.27 bits per heavy atom. The van der Waals surface area contributed by atoms with Crippen LogP contribution >= 0.6 is 11.6 Å². The number of benzene rings is 1. The van der Waals surface area contributed by atoms with Crippen molar-refractivity contribution >= 4 is 17.4 Å². The third-order valence-electron chi connectivity index (χ3n) is 2.43. The van der Waals surface area contributed by atoms with Crippen molar-refractivity contribution in [3.63, 3.8) is 0 Å². The van der Waals surface area contributed by atoms with E-state index in [-0.39, 0.29) is 11.9 Å². The van der Waals surface area contributed by atoms with Crippen LogP contribution in [0.5, 0.6) is 0 Å². The van der Waals surface area contributed by atoms with E-state index in [2.05, 4.69) is 0 Å². The summed E-state index contributed by atoms with van der Waals surface area (Å²) in [5.74, 6) is 0.180. The smallest absolute Gasteiger partial charge is 0.108 e. The van der Waals surface area contributed by atoms with E-state index < -0.39 is 0 Å². The molecule has 1 aromatic rings. The quantitative estimate of drug-likeness (QED) is 0.609. The van der Waals surface area contributed by atoms with Crippen molar-refractivity contribution < 1.29 is 0 Å². The molecular formula is C11H16ClN3. The van der Waals surface area contributed by atoms with Crippen molar-refractivity contribution in [2.24, 2.45) is 5.73 Å². The molecule has 4 heteroatoms. The van der Waals surface area contributed by atoms with E-state index in [1.165, 1.54) is 0 Å². The van der Waals surface area contributed by atoms with E-state index in [0.717, 1.165) is 17.1 Å². The highest BCUT2D eigenvalue weighted by Crippen LogP contribution is 2.12. The molecular weight excluding hydrogens is 210 g/mol. The second-order valence-corrected chi connectivity index (χ2v) is 4.11. The van der Waals surface area contributed by atoms with Crippen LogP contribution < -0.4 is 5.73 Å². The maximum atomic E-state index is 7.35. The van der Waals surface area contributed by atoms with Gasteiger partial charge in [0.05, 0.1) is 6.04 Å². The van der Waals surface area contributed by atoms with Crippen molar-refractivity contribution in [2.75, 3.05) is 7.05 Å². The van der Waals surface area contributed by atoms with Crippen LogP contribution in [0.1, 0.15) is 12.5 Å². The summed E-state index contributed by atoms with van der Waals surface area (Å²) in [5, 5.41) is 8.08. The van der Waals surface area contributed by atoms with Crippen LogP contribution in [0.25, 0.3) is 0 Å². The van der Waals surface area contributed by atoms with Gasteiger partial charge in [-0.15, -0.1) is 0 Å². The SMILES string of the molecule is CC(C(=N)N)N(C)Cc1cccc(Cl)c1. The summed E-state index contributed by atoms with van der Waals surface area (Å²) in [7, 11) is 1.94. The van der Waals surface area contributed by atoms with Gasteiger partial charge in [0, 0.05) is 11.6 Å². The van der Waals surface area contributed by atoms with Crippen LogP contribution in [-0.2, 0) is 6.54 Å². The number of nitrogens with zero attached hydrogens (tertiary/aromatic N) is 1. The number of hydrogen-bond donors (Lipinski definition) is 2.